The normalized spacial score (nSPS) is 12.0. The first-order chi connectivity index (χ1) is 8.58. The maximum atomic E-state index is 11.5. The monoisotopic (exact) mass is 286 g/mol. The molecule has 1 aromatic rings. The van der Waals surface area contributed by atoms with Crippen molar-refractivity contribution in [2.75, 3.05) is 6.61 Å². The van der Waals surface area contributed by atoms with Crippen molar-refractivity contribution >= 4 is 15.9 Å². The van der Waals surface area contributed by atoms with Gasteiger partial charge in [0.2, 0.25) is 10.0 Å². The Kier molecular flexibility index (Phi) is 4.54. The molecule has 3 N–H and O–H groups in total. The number of carbonyl (C=O) groups is 1. The van der Waals surface area contributed by atoms with Crippen molar-refractivity contribution < 1.29 is 17.9 Å². The lowest BCUT2D eigenvalue weighted by molar-refractivity contribution is -0.124. The highest BCUT2D eigenvalue weighted by Gasteiger charge is 2.14. The molecule has 1 aromatic carbocycles. The Labute approximate surface area is 113 Å². The summed E-state index contributed by atoms with van der Waals surface area (Å²) in [7, 11) is -3.71. The molecule has 0 saturated carbocycles. The third kappa shape index (κ3) is 5.71. The summed E-state index contributed by atoms with van der Waals surface area (Å²) >= 11 is 0. The van der Waals surface area contributed by atoms with Crippen LogP contribution in [0.25, 0.3) is 0 Å². The third-order valence-corrected chi connectivity index (χ3v) is 2.97. The average molecular weight is 286 g/mol. The largest absolute Gasteiger partial charge is 0.484 e. The number of carbonyl (C=O) groups excluding carboxylic acids is 1. The van der Waals surface area contributed by atoms with Gasteiger partial charge in [-0.2, -0.15) is 0 Å². The van der Waals surface area contributed by atoms with E-state index < -0.39 is 10.0 Å². The number of sulfonamides is 1. The van der Waals surface area contributed by atoms with E-state index in [1.165, 1.54) is 24.3 Å². The molecule has 0 radical (unpaired) electrons. The van der Waals surface area contributed by atoms with Gasteiger partial charge in [-0.15, -0.1) is 0 Å². The number of nitrogens with one attached hydrogen (secondary N) is 1. The Balaban J connectivity index is 2.58. The molecule has 0 spiro atoms. The summed E-state index contributed by atoms with van der Waals surface area (Å²) in [6.07, 6.45) is 0. The minimum absolute atomic E-state index is 0.000932. The molecular formula is C12H18N2O4S. The number of ether oxygens (including phenoxy) is 1. The van der Waals surface area contributed by atoms with Crippen LogP contribution in [0.5, 0.6) is 5.75 Å². The Hall–Kier alpha value is -1.60. The van der Waals surface area contributed by atoms with Crippen molar-refractivity contribution in [3.63, 3.8) is 0 Å². The summed E-state index contributed by atoms with van der Waals surface area (Å²) in [5, 5.41) is 7.71. The number of hydrogen-bond acceptors (Lipinski definition) is 4. The van der Waals surface area contributed by atoms with Crippen molar-refractivity contribution in [3.05, 3.63) is 24.3 Å². The number of primary sulfonamides is 1. The molecule has 0 saturated heterocycles. The van der Waals surface area contributed by atoms with Crippen LogP contribution in [0.1, 0.15) is 20.8 Å². The minimum Gasteiger partial charge on any atom is -0.484 e. The zero-order valence-electron chi connectivity index (χ0n) is 11.1. The highest BCUT2D eigenvalue weighted by atomic mass is 32.2. The van der Waals surface area contributed by atoms with Gasteiger partial charge in [0, 0.05) is 5.54 Å². The average Bonchev–Trinajstić information content (AvgIpc) is 2.23. The first kappa shape index (κ1) is 15.5. The fraction of sp³-hybridized carbons (Fsp3) is 0.417. The van der Waals surface area contributed by atoms with Crippen LogP contribution in [0.2, 0.25) is 0 Å². The van der Waals surface area contributed by atoms with Gasteiger partial charge in [0.05, 0.1) is 4.90 Å². The summed E-state index contributed by atoms with van der Waals surface area (Å²) in [5.74, 6) is 0.152. The highest BCUT2D eigenvalue weighted by Crippen LogP contribution is 2.14. The maximum absolute atomic E-state index is 11.5. The lowest BCUT2D eigenvalue weighted by atomic mass is 10.1. The molecule has 1 amide bonds. The van der Waals surface area contributed by atoms with Crippen LogP contribution >= 0.6 is 0 Å². The van der Waals surface area contributed by atoms with Gasteiger partial charge in [-0.25, -0.2) is 13.6 Å². The zero-order chi connectivity index (χ0) is 14.7. The van der Waals surface area contributed by atoms with Gasteiger partial charge in [-0.1, -0.05) is 0 Å². The van der Waals surface area contributed by atoms with E-state index in [2.05, 4.69) is 5.32 Å². The topological polar surface area (TPSA) is 98.5 Å². The molecule has 0 aliphatic rings. The molecule has 19 heavy (non-hydrogen) atoms. The number of amides is 1. The van der Waals surface area contributed by atoms with Crippen LogP contribution < -0.4 is 15.2 Å². The lowest BCUT2D eigenvalue weighted by Crippen LogP contribution is -2.43. The van der Waals surface area contributed by atoms with Crippen molar-refractivity contribution in [2.24, 2.45) is 5.14 Å². The van der Waals surface area contributed by atoms with E-state index in [0.717, 1.165) is 0 Å². The first-order valence-corrected chi connectivity index (χ1v) is 7.19. The fourth-order valence-electron chi connectivity index (χ4n) is 1.33. The molecule has 6 nitrogen and oxygen atoms in total. The Bertz CT molecular complexity index is 544. The molecule has 1 rings (SSSR count). The third-order valence-electron chi connectivity index (χ3n) is 2.04. The molecule has 0 heterocycles. The van der Waals surface area contributed by atoms with Gasteiger partial charge in [0.1, 0.15) is 5.75 Å². The molecule has 106 valence electrons. The van der Waals surface area contributed by atoms with Crippen LogP contribution in [-0.4, -0.2) is 26.5 Å². The van der Waals surface area contributed by atoms with Gasteiger partial charge < -0.3 is 10.1 Å². The van der Waals surface area contributed by atoms with Crippen molar-refractivity contribution in [2.45, 2.75) is 31.2 Å². The quantitative estimate of drug-likeness (QED) is 0.848. The van der Waals surface area contributed by atoms with Crippen LogP contribution in [0.15, 0.2) is 29.2 Å². The minimum atomic E-state index is -3.71. The number of rotatable bonds is 4. The van der Waals surface area contributed by atoms with Crippen LogP contribution in [0.4, 0.5) is 0 Å². The van der Waals surface area contributed by atoms with E-state index in [0.29, 0.717) is 5.75 Å². The van der Waals surface area contributed by atoms with E-state index in [4.69, 9.17) is 9.88 Å². The Morgan fingerprint density at radius 3 is 2.21 bits per heavy atom. The van der Waals surface area contributed by atoms with E-state index in [1.54, 1.807) is 0 Å². The Morgan fingerprint density at radius 1 is 1.26 bits per heavy atom. The molecule has 0 atom stereocenters. The van der Waals surface area contributed by atoms with E-state index in [1.807, 2.05) is 20.8 Å². The van der Waals surface area contributed by atoms with E-state index in [-0.39, 0.29) is 22.9 Å². The lowest BCUT2D eigenvalue weighted by Gasteiger charge is -2.20. The smallest absolute Gasteiger partial charge is 0.258 e. The fourth-order valence-corrected chi connectivity index (χ4v) is 1.84. The molecule has 0 aliphatic heterocycles. The number of nitrogens with two attached hydrogens (primary N) is 1. The van der Waals surface area contributed by atoms with Gasteiger partial charge in [0.25, 0.3) is 5.91 Å². The van der Waals surface area contributed by atoms with Crippen molar-refractivity contribution in [3.8, 4) is 5.75 Å². The van der Waals surface area contributed by atoms with Gasteiger partial charge in [-0.05, 0) is 45.0 Å². The standard InChI is InChI=1S/C12H18N2O4S/c1-12(2,3)14-11(15)8-18-9-4-6-10(7-5-9)19(13,16)17/h4-7H,8H2,1-3H3,(H,14,15)(H2,13,16,17). The van der Waals surface area contributed by atoms with Gasteiger partial charge >= 0.3 is 0 Å². The maximum Gasteiger partial charge on any atom is 0.258 e. The predicted octanol–water partition coefficient (Wildman–Crippen LogP) is 0.628. The summed E-state index contributed by atoms with van der Waals surface area (Å²) < 4.78 is 27.3. The molecule has 0 unspecified atom stereocenters. The molecule has 0 aliphatic carbocycles. The molecular weight excluding hydrogens is 268 g/mol. The molecule has 0 fully saturated rings. The highest BCUT2D eigenvalue weighted by molar-refractivity contribution is 7.89. The SMILES string of the molecule is CC(C)(C)NC(=O)COc1ccc(S(N)(=O)=O)cc1. The van der Waals surface area contributed by atoms with Crippen molar-refractivity contribution in [1.29, 1.82) is 0 Å². The summed E-state index contributed by atoms with van der Waals surface area (Å²) in [4.78, 5) is 11.5. The molecule has 0 bridgehead atoms. The first-order valence-electron chi connectivity index (χ1n) is 5.65. The Morgan fingerprint density at radius 2 is 1.79 bits per heavy atom. The van der Waals surface area contributed by atoms with Crippen molar-refractivity contribution in [1.82, 2.24) is 5.32 Å². The molecule has 7 heteroatoms. The molecule has 0 aromatic heterocycles. The van der Waals surface area contributed by atoms with Crippen LogP contribution in [0.3, 0.4) is 0 Å². The second-order valence-corrected chi connectivity index (χ2v) is 6.66. The van der Waals surface area contributed by atoms with Crippen LogP contribution in [0, 0.1) is 0 Å². The summed E-state index contributed by atoms with van der Waals surface area (Å²) in [5.41, 5.74) is -0.321. The second-order valence-electron chi connectivity index (χ2n) is 5.10. The summed E-state index contributed by atoms with van der Waals surface area (Å²) in [6, 6.07) is 5.55. The zero-order valence-corrected chi connectivity index (χ0v) is 12.0. The van der Waals surface area contributed by atoms with Gasteiger partial charge in [0.15, 0.2) is 6.61 Å². The predicted molar refractivity (Wildman–Crippen MR) is 71.2 cm³/mol. The second kappa shape index (κ2) is 5.58. The summed E-state index contributed by atoms with van der Waals surface area (Å²) in [6.45, 7) is 5.47. The van der Waals surface area contributed by atoms with Gasteiger partial charge in [-0.3, -0.25) is 4.79 Å². The van der Waals surface area contributed by atoms with E-state index >= 15 is 0 Å². The number of hydrogen-bond donors (Lipinski definition) is 2. The number of benzene rings is 1. The van der Waals surface area contributed by atoms with E-state index in [9.17, 15) is 13.2 Å². The van der Waals surface area contributed by atoms with Crippen LogP contribution in [-0.2, 0) is 14.8 Å².